The summed E-state index contributed by atoms with van der Waals surface area (Å²) in [6, 6.07) is 15.3. The molecule has 3 N–H and O–H groups in total. The molecule has 1 aromatic heterocycles. The second-order valence-electron chi connectivity index (χ2n) is 7.50. The minimum Gasteiger partial charge on any atom is -0.448 e. The van der Waals surface area contributed by atoms with Gasteiger partial charge in [0.2, 0.25) is 5.91 Å². The SMILES string of the molecule is Nn1cc(-c2ccccc2)nc1SCC(=O)Nc1ccc2c(c1)OC1(CCCC1)O2. The summed E-state index contributed by atoms with van der Waals surface area (Å²) in [7, 11) is 0. The van der Waals surface area contributed by atoms with Gasteiger partial charge in [0, 0.05) is 30.2 Å². The van der Waals surface area contributed by atoms with Crippen LogP contribution in [-0.2, 0) is 4.79 Å². The first-order chi connectivity index (χ1) is 14.6. The van der Waals surface area contributed by atoms with E-state index in [1.807, 2.05) is 48.5 Å². The van der Waals surface area contributed by atoms with E-state index in [1.165, 1.54) is 16.4 Å². The summed E-state index contributed by atoms with van der Waals surface area (Å²) >= 11 is 1.29. The van der Waals surface area contributed by atoms with E-state index in [1.54, 1.807) is 6.20 Å². The number of hydrogen-bond donors (Lipinski definition) is 2. The van der Waals surface area contributed by atoms with E-state index >= 15 is 0 Å². The lowest BCUT2D eigenvalue weighted by molar-refractivity contribution is -0.113. The Kier molecular flexibility index (Phi) is 4.78. The van der Waals surface area contributed by atoms with Crippen molar-refractivity contribution in [3.8, 4) is 22.8 Å². The monoisotopic (exact) mass is 422 g/mol. The lowest BCUT2D eigenvalue weighted by Crippen LogP contribution is -2.34. The smallest absolute Gasteiger partial charge is 0.251 e. The van der Waals surface area contributed by atoms with Crippen molar-refractivity contribution in [1.82, 2.24) is 9.66 Å². The largest absolute Gasteiger partial charge is 0.448 e. The number of nitrogen functional groups attached to an aromatic ring is 1. The number of imidazole rings is 1. The molecule has 0 saturated heterocycles. The van der Waals surface area contributed by atoms with E-state index in [0.717, 1.165) is 42.7 Å². The number of anilines is 1. The Morgan fingerprint density at radius 3 is 2.70 bits per heavy atom. The number of nitrogens with two attached hydrogens (primary N) is 1. The Bertz CT molecular complexity index is 1080. The van der Waals surface area contributed by atoms with Gasteiger partial charge in [-0.1, -0.05) is 42.1 Å². The molecule has 2 aliphatic rings. The summed E-state index contributed by atoms with van der Waals surface area (Å²) in [6.45, 7) is 0. The van der Waals surface area contributed by atoms with Crippen LogP contribution >= 0.6 is 11.8 Å². The van der Waals surface area contributed by atoms with Crippen LogP contribution in [0.25, 0.3) is 11.3 Å². The Morgan fingerprint density at radius 2 is 1.90 bits per heavy atom. The molecular weight excluding hydrogens is 400 g/mol. The number of aromatic nitrogens is 2. The maximum absolute atomic E-state index is 12.4. The van der Waals surface area contributed by atoms with Gasteiger partial charge in [-0.15, -0.1) is 0 Å². The van der Waals surface area contributed by atoms with Crippen LogP contribution in [0.15, 0.2) is 59.9 Å². The fraction of sp³-hybridized carbons (Fsp3) is 0.273. The molecule has 0 unspecified atom stereocenters. The maximum atomic E-state index is 12.4. The molecular formula is C22H22N4O3S. The topological polar surface area (TPSA) is 91.4 Å². The average Bonchev–Trinajstić information content (AvgIpc) is 3.45. The van der Waals surface area contributed by atoms with E-state index in [9.17, 15) is 4.79 Å². The summed E-state index contributed by atoms with van der Waals surface area (Å²) in [4.78, 5) is 17.0. The van der Waals surface area contributed by atoms with Crippen LogP contribution in [0.4, 0.5) is 5.69 Å². The molecule has 1 aliphatic carbocycles. The van der Waals surface area contributed by atoms with Crippen LogP contribution in [0.5, 0.6) is 11.5 Å². The molecule has 7 nitrogen and oxygen atoms in total. The fourth-order valence-electron chi connectivity index (χ4n) is 3.85. The predicted molar refractivity (Wildman–Crippen MR) is 116 cm³/mol. The molecule has 1 saturated carbocycles. The van der Waals surface area contributed by atoms with Gasteiger partial charge in [0.15, 0.2) is 16.7 Å². The second-order valence-corrected chi connectivity index (χ2v) is 8.44. The van der Waals surface area contributed by atoms with Crippen molar-refractivity contribution in [2.75, 3.05) is 16.9 Å². The first-order valence-electron chi connectivity index (χ1n) is 9.95. The summed E-state index contributed by atoms with van der Waals surface area (Å²) in [5, 5.41) is 3.49. The lowest BCUT2D eigenvalue weighted by atomic mass is 10.2. The van der Waals surface area contributed by atoms with Crippen molar-refractivity contribution in [2.24, 2.45) is 0 Å². The van der Waals surface area contributed by atoms with Gasteiger partial charge >= 0.3 is 0 Å². The van der Waals surface area contributed by atoms with E-state index in [2.05, 4.69) is 10.3 Å². The van der Waals surface area contributed by atoms with E-state index in [-0.39, 0.29) is 11.7 Å². The first-order valence-corrected chi connectivity index (χ1v) is 10.9. The highest BCUT2D eigenvalue weighted by molar-refractivity contribution is 7.99. The van der Waals surface area contributed by atoms with E-state index < -0.39 is 5.79 Å². The van der Waals surface area contributed by atoms with Crippen molar-refractivity contribution in [3.63, 3.8) is 0 Å². The van der Waals surface area contributed by atoms with Gasteiger partial charge in [0.1, 0.15) is 0 Å². The molecule has 8 heteroatoms. The third-order valence-electron chi connectivity index (χ3n) is 5.29. The predicted octanol–water partition coefficient (Wildman–Crippen LogP) is 4.04. The van der Waals surface area contributed by atoms with Gasteiger partial charge in [-0.2, -0.15) is 0 Å². The molecule has 30 heavy (non-hydrogen) atoms. The molecule has 1 fully saturated rings. The number of nitrogens with zero attached hydrogens (tertiary/aromatic N) is 2. The zero-order valence-corrected chi connectivity index (χ0v) is 17.2. The molecule has 1 aliphatic heterocycles. The van der Waals surface area contributed by atoms with E-state index in [4.69, 9.17) is 15.3 Å². The van der Waals surface area contributed by atoms with Crippen LogP contribution in [0, 0.1) is 0 Å². The Labute approximate surface area is 178 Å². The molecule has 2 aromatic carbocycles. The third kappa shape index (κ3) is 3.70. The minimum atomic E-state index is -0.504. The number of fused-ring (bicyclic) bond motifs is 1. The quantitative estimate of drug-likeness (QED) is 0.476. The van der Waals surface area contributed by atoms with Gasteiger partial charge in [-0.05, 0) is 25.0 Å². The van der Waals surface area contributed by atoms with Crippen LogP contribution in [0.1, 0.15) is 25.7 Å². The van der Waals surface area contributed by atoms with Gasteiger partial charge in [-0.3, -0.25) is 4.79 Å². The van der Waals surface area contributed by atoms with Crippen LogP contribution in [0.2, 0.25) is 0 Å². The maximum Gasteiger partial charge on any atom is 0.251 e. The second kappa shape index (κ2) is 7.60. The number of carbonyl (C=O) groups excluding carboxylic acids is 1. The average molecular weight is 423 g/mol. The summed E-state index contributed by atoms with van der Waals surface area (Å²) in [5.41, 5.74) is 2.44. The highest BCUT2D eigenvalue weighted by Gasteiger charge is 2.44. The normalized spacial score (nSPS) is 16.1. The minimum absolute atomic E-state index is 0.140. The number of nitrogens with one attached hydrogen (secondary N) is 1. The molecule has 0 bridgehead atoms. The molecule has 0 atom stereocenters. The van der Waals surface area contributed by atoms with Crippen molar-refractivity contribution in [1.29, 1.82) is 0 Å². The molecule has 5 rings (SSSR count). The number of benzene rings is 2. The van der Waals surface area contributed by atoms with Gasteiger partial charge in [0.05, 0.1) is 17.6 Å². The number of hydrogen-bond acceptors (Lipinski definition) is 6. The summed E-state index contributed by atoms with van der Waals surface area (Å²) in [6.07, 6.45) is 5.77. The Morgan fingerprint density at radius 1 is 1.13 bits per heavy atom. The number of rotatable bonds is 5. The lowest BCUT2D eigenvalue weighted by Gasteiger charge is -2.21. The summed E-state index contributed by atoms with van der Waals surface area (Å²) < 4.78 is 13.5. The number of thioether (sulfide) groups is 1. The number of amides is 1. The van der Waals surface area contributed by atoms with Crippen molar-refractivity contribution >= 4 is 23.4 Å². The zero-order valence-electron chi connectivity index (χ0n) is 16.3. The highest BCUT2D eigenvalue weighted by Crippen LogP contribution is 2.47. The van der Waals surface area contributed by atoms with Gasteiger partial charge in [0.25, 0.3) is 5.79 Å². The Hall–Kier alpha value is -3.13. The van der Waals surface area contributed by atoms with E-state index in [0.29, 0.717) is 16.6 Å². The number of ether oxygens (including phenoxy) is 2. The van der Waals surface area contributed by atoms with Crippen LogP contribution < -0.4 is 20.6 Å². The molecule has 1 amide bonds. The fourth-order valence-corrected chi connectivity index (χ4v) is 4.54. The van der Waals surface area contributed by atoms with Crippen LogP contribution in [0.3, 0.4) is 0 Å². The molecule has 1 spiro atoms. The van der Waals surface area contributed by atoms with Crippen molar-refractivity contribution < 1.29 is 14.3 Å². The molecule has 3 aromatic rings. The first kappa shape index (κ1) is 18.9. The van der Waals surface area contributed by atoms with Crippen molar-refractivity contribution in [2.45, 2.75) is 36.6 Å². The summed E-state index contributed by atoms with van der Waals surface area (Å²) in [5.74, 6) is 6.98. The molecule has 0 radical (unpaired) electrons. The Balaban J connectivity index is 1.20. The van der Waals surface area contributed by atoms with Gasteiger partial charge in [-0.25, -0.2) is 9.66 Å². The number of carbonyl (C=O) groups is 1. The zero-order chi connectivity index (χ0) is 20.6. The van der Waals surface area contributed by atoms with Gasteiger partial charge < -0.3 is 20.6 Å². The molecule has 2 heterocycles. The third-order valence-corrected chi connectivity index (χ3v) is 6.25. The molecule has 154 valence electrons. The van der Waals surface area contributed by atoms with Crippen LogP contribution in [-0.4, -0.2) is 27.1 Å². The van der Waals surface area contributed by atoms with Crippen molar-refractivity contribution in [3.05, 3.63) is 54.7 Å². The highest BCUT2D eigenvalue weighted by atomic mass is 32.2. The standard InChI is InChI=1S/C22H22N4O3S/c23-26-13-17(15-6-2-1-3-7-15)25-21(26)30-14-20(27)24-16-8-9-18-19(12-16)29-22(28-18)10-4-5-11-22/h1-3,6-9,12-13H,4-5,10-11,14,23H2,(H,24,27).